The Morgan fingerprint density at radius 3 is 2.59 bits per heavy atom. The molecule has 3 rings (SSSR count). The van der Waals surface area contributed by atoms with E-state index in [0.717, 1.165) is 18.9 Å². The predicted molar refractivity (Wildman–Crippen MR) is 124 cm³/mol. The van der Waals surface area contributed by atoms with Gasteiger partial charge in [0.25, 0.3) is 5.91 Å². The summed E-state index contributed by atoms with van der Waals surface area (Å²) in [6.07, 6.45) is -2.98. The number of nitrogens with two attached hydrogens (primary N) is 1. The van der Waals surface area contributed by atoms with E-state index in [2.05, 4.69) is 5.32 Å². The van der Waals surface area contributed by atoms with Crippen LogP contribution in [0.2, 0.25) is 5.02 Å². The molecule has 0 aromatic heterocycles. The third kappa shape index (κ3) is 6.50. The van der Waals surface area contributed by atoms with Crippen LogP contribution >= 0.6 is 11.6 Å². The molecule has 6 nitrogen and oxygen atoms in total. The molecule has 186 valence electrons. The van der Waals surface area contributed by atoms with Crippen molar-refractivity contribution in [2.75, 3.05) is 18.8 Å². The number of hydrogen-bond acceptors (Lipinski definition) is 5. The summed E-state index contributed by atoms with van der Waals surface area (Å²) in [4.78, 5) is 14.6. The second-order valence-electron chi connectivity index (χ2n) is 8.35. The fraction of sp³-hybridized carbons (Fsp3) is 0.435. The molecule has 0 spiro atoms. The minimum Gasteiger partial charge on any atom is -0.348 e. The highest BCUT2D eigenvalue weighted by atomic mass is 35.5. The Morgan fingerprint density at radius 2 is 1.94 bits per heavy atom. The maximum absolute atomic E-state index is 13.8. The number of hydrogen-bond donors (Lipinski definition) is 2. The van der Waals surface area contributed by atoms with E-state index in [1.807, 2.05) is 4.90 Å². The van der Waals surface area contributed by atoms with Gasteiger partial charge in [-0.2, -0.15) is 13.2 Å². The van der Waals surface area contributed by atoms with Crippen LogP contribution in [-0.4, -0.2) is 44.1 Å². The number of nitrogens with one attached hydrogen (secondary N) is 1. The van der Waals surface area contributed by atoms with Crippen LogP contribution in [0.4, 0.5) is 13.2 Å². The van der Waals surface area contributed by atoms with Crippen LogP contribution in [-0.2, 0) is 29.1 Å². The van der Waals surface area contributed by atoms with E-state index in [-0.39, 0.29) is 51.5 Å². The topological polar surface area (TPSA) is 92.5 Å². The molecule has 1 atom stereocenters. The van der Waals surface area contributed by atoms with E-state index < -0.39 is 27.5 Å². The van der Waals surface area contributed by atoms with Crippen molar-refractivity contribution < 1.29 is 26.4 Å². The standard InChI is InChI=1S/C23H27ClF3N3O3S/c1-2-34(32,33)21-8-7-18(24)10-17(21)12-29-22(31)15-5-6-16(20(11-15)23(25,26)27)13-30-9-3-4-19(28)14-30/h5-8,10-11,19H,2-4,9,12-14,28H2,1H3,(H,29,31). The highest BCUT2D eigenvalue weighted by Crippen LogP contribution is 2.34. The average molecular weight is 518 g/mol. The zero-order chi connectivity index (χ0) is 25.1. The zero-order valence-electron chi connectivity index (χ0n) is 18.7. The van der Waals surface area contributed by atoms with Crippen molar-refractivity contribution >= 4 is 27.3 Å². The number of alkyl halides is 3. The number of amides is 1. The first-order valence-corrected chi connectivity index (χ1v) is 12.9. The Kier molecular flexibility index (Phi) is 8.28. The second kappa shape index (κ2) is 10.6. The van der Waals surface area contributed by atoms with E-state index in [4.69, 9.17) is 17.3 Å². The van der Waals surface area contributed by atoms with E-state index in [0.29, 0.717) is 13.1 Å². The van der Waals surface area contributed by atoms with Gasteiger partial charge in [0.1, 0.15) is 0 Å². The number of carbonyl (C=O) groups is 1. The van der Waals surface area contributed by atoms with Gasteiger partial charge >= 0.3 is 6.18 Å². The molecule has 1 unspecified atom stereocenters. The fourth-order valence-electron chi connectivity index (χ4n) is 4.02. The van der Waals surface area contributed by atoms with Gasteiger partial charge in [0.15, 0.2) is 9.84 Å². The first-order valence-electron chi connectivity index (χ1n) is 10.9. The molecule has 0 aliphatic carbocycles. The molecular weight excluding hydrogens is 491 g/mol. The third-order valence-corrected chi connectivity index (χ3v) is 7.85. The number of carbonyl (C=O) groups excluding carboxylic acids is 1. The van der Waals surface area contributed by atoms with Crippen molar-refractivity contribution in [3.05, 3.63) is 63.7 Å². The van der Waals surface area contributed by atoms with Crippen molar-refractivity contribution in [3.8, 4) is 0 Å². The normalized spacial score (nSPS) is 17.5. The Morgan fingerprint density at radius 1 is 1.21 bits per heavy atom. The largest absolute Gasteiger partial charge is 0.416 e. The summed E-state index contributed by atoms with van der Waals surface area (Å²) in [7, 11) is -3.58. The smallest absolute Gasteiger partial charge is 0.348 e. The molecule has 1 heterocycles. The van der Waals surface area contributed by atoms with Crippen LogP contribution in [0.5, 0.6) is 0 Å². The molecule has 1 aliphatic heterocycles. The molecule has 1 amide bonds. The highest BCUT2D eigenvalue weighted by molar-refractivity contribution is 7.91. The van der Waals surface area contributed by atoms with E-state index in [1.54, 1.807) is 0 Å². The van der Waals surface area contributed by atoms with Crippen LogP contribution < -0.4 is 11.1 Å². The Labute approximate surface area is 202 Å². The van der Waals surface area contributed by atoms with Crippen molar-refractivity contribution in [2.45, 2.75) is 50.0 Å². The summed E-state index contributed by atoms with van der Waals surface area (Å²) in [5, 5.41) is 2.79. The van der Waals surface area contributed by atoms with Gasteiger partial charge in [0.2, 0.25) is 0 Å². The lowest BCUT2D eigenvalue weighted by Crippen LogP contribution is -2.42. The molecule has 1 aliphatic rings. The van der Waals surface area contributed by atoms with Crippen LogP contribution in [0.25, 0.3) is 0 Å². The van der Waals surface area contributed by atoms with E-state index in [9.17, 15) is 26.4 Å². The SMILES string of the molecule is CCS(=O)(=O)c1ccc(Cl)cc1CNC(=O)c1ccc(CN2CCCC(N)C2)c(C(F)(F)F)c1. The van der Waals surface area contributed by atoms with Crippen molar-refractivity contribution in [2.24, 2.45) is 5.73 Å². The maximum Gasteiger partial charge on any atom is 0.416 e. The number of nitrogens with zero attached hydrogens (tertiary/aromatic N) is 1. The zero-order valence-corrected chi connectivity index (χ0v) is 20.2. The molecule has 0 radical (unpaired) electrons. The molecule has 0 bridgehead atoms. The Balaban J connectivity index is 1.81. The molecule has 11 heteroatoms. The van der Waals surface area contributed by atoms with Crippen LogP contribution in [0.1, 0.15) is 46.8 Å². The predicted octanol–water partition coefficient (Wildman–Crippen LogP) is 4.01. The Hall–Kier alpha value is -2.14. The lowest BCUT2D eigenvalue weighted by atomic mass is 10.0. The quantitative estimate of drug-likeness (QED) is 0.579. The van der Waals surface area contributed by atoms with Crippen LogP contribution in [0, 0.1) is 0 Å². The minimum absolute atomic E-state index is 0.0192. The lowest BCUT2D eigenvalue weighted by molar-refractivity contribution is -0.138. The van der Waals surface area contributed by atoms with Gasteiger partial charge in [0, 0.05) is 36.3 Å². The monoisotopic (exact) mass is 517 g/mol. The van der Waals surface area contributed by atoms with Gasteiger partial charge < -0.3 is 11.1 Å². The highest BCUT2D eigenvalue weighted by Gasteiger charge is 2.34. The number of benzene rings is 2. The molecule has 0 saturated carbocycles. The number of likely N-dealkylation sites (tertiary alicyclic amines) is 1. The Bertz CT molecular complexity index is 1160. The molecule has 1 saturated heterocycles. The van der Waals surface area contributed by atoms with Gasteiger partial charge in [-0.25, -0.2) is 8.42 Å². The van der Waals surface area contributed by atoms with Gasteiger partial charge in [-0.05, 0) is 60.8 Å². The molecular formula is C23H27ClF3N3O3S. The maximum atomic E-state index is 13.8. The first-order chi connectivity index (χ1) is 15.9. The third-order valence-electron chi connectivity index (χ3n) is 5.79. The van der Waals surface area contributed by atoms with Gasteiger partial charge in [0.05, 0.1) is 16.2 Å². The molecule has 34 heavy (non-hydrogen) atoms. The first kappa shape index (κ1) is 26.5. The molecule has 3 N–H and O–H groups in total. The summed E-state index contributed by atoms with van der Waals surface area (Å²) in [6.45, 7) is 2.55. The summed E-state index contributed by atoms with van der Waals surface area (Å²) < 4.78 is 66.0. The lowest BCUT2D eigenvalue weighted by Gasteiger charge is -2.31. The van der Waals surface area contributed by atoms with Crippen LogP contribution in [0.15, 0.2) is 41.3 Å². The summed E-state index contributed by atoms with van der Waals surface area (Å²) >= 11 is 5.98. The van der Waals surface area contributed by atoms with Gasteiger partial charge in [-0.15, -0.1) is 0 Å². The minimum atomic E-state index is -4.64. The van der Waals surface area contributed by atoms with Gasteiger partial charge in [-0.1, -0.05) is 24.6 Å². The van der Waals surface area contributed by atoms with Crippen molar-refractivity contribution in [1.29, 1.82) is 0 Å². The molecule has 1 fully saturated rings. The average Bonchev–Trinajstić information content (AvgIpc) is 2.77. The summed E-state index contributed by atoms with van der Waals surface area (Å²) in [6, 6.07) is 7.61. The number of rotatable bonds is 7. The summed E-state index contributed by atoms with van der Waals surface area (Å²) in [5.41, 5.74) is 5.22. The van der Waals surface area contributed by atoms with Crippen molar-refractivity contribution in [1.82, 2.24) is 10.2 Å². The van der Waals surface area contributed by atoms with E-state index in [1.165, 1.54) is 37.3 Å². The van der Waals surface area contributed by atoms with Crippen molar-refractivity contribution in [3.63, 3.8) is 0 Å². The molecule has 2 aromatic rings. The van der Waals surface area contributed by atoms with E-state index >= 15 is 0 Å². The van der Waals surface area contributed by atoms with Crippen LogP contribution in [0.3, 0.4) is 0 Å². The second-order valence-corrected chi connectivity index (χ2v) is 11.0. The number of halogens is 4. The fourth-order valence-corrected chi connectivity index (χ4v) is 5.33. The van der Waals surface area contributed by atoms with Gasteiger partial charge in [-0.3, -0.25) is 9.69 Å². The molecule has 2 aromatic carbocycles. The summed E-state index contributed by atoms with van der Waals surface area (Å²) in [5.74, 6) is -0.898. The number of piperidine rings is 1. The number of sulfone groups is 1.